The molecule has 0 aliphatic rings. The number of carboxylic acid groups (broad SMARTS) is 1. The van der Waals surface area contributed by atoms with E-state index in [0.29, 0.717) is 5.56 Å². The lowest BCUT2D eigenvalue weighted by Crippen LogP contribution is -2.14. The summed E-state index contributed by atoms with van der Waals surface area (Å²) in [5.41, 5.74) is 0.0840. The number of carboxylic acids is 1. The minimum atomic E-state index is -3.61. The van der Waals surface area contributed by atoms with Crippen molar-refractivity contribution < 1.29 is 33.0 Å². The normalized spacial score (nSPS) is 11.1. The standard InChI is InChI=1S/C17H16O7S/c1-11(18)12-2-5-14(6-3-12)25(22,23)9-8-24-13-4-7-16(19)15(10-13)17(20)21/h2-7,10,19H,8-9H2,1H3,(H,20,21). The SMILES string of the molecule is CC(=O)c1ccc(S(=O)(=O)CCOc2ccc(O)c(C(=O)O)c2)cc1. The first-order valence-electron chi connectivity index (χ1n) is 7.23. The second-order valence-corrected chi connectivity index (χ2v) is 7.34. The molecule has 25 heavy (non-hydrogen) atoms. The quantitative estimate of drug-likeness (QED) is 0.723. The van der Waals surface area contributed by atoms with Crippen LogP contribution in [0.5, 0.6) is 11.5 Å². The molecule has 8 heteroatoms. The number of carbonyl (C=O) groups excluding carboxylic acids is 1. The molecule has 0 amide bonds. The van der Waals surface area contributed by atoms with Crippen LogP contribution in [0.15, 0.2) is 47.4 Å². The fraction of sp³-hybridized carbons (Fsp3) is 0.176. The largest absolute Gasteiger partial charge is 0.507 e. The number of hydrogen-bond donors (Lipinski definition) is 2. The van der Waals surface area contributed by atoms with Crippen molar-refractivity contribution in [2.75, 3.05) is 12.4 Å². The van der Waals surface area contributed by atoms with Gasteiger partial charge in [0.15, 0.2) is 15.6 Å². The van der Waals surface area contributed by atoms with Gasteiger partial charge in [0.05, 0.1) is 10.6 Å². The zero-order chi connectivity index (χ0) is 18.6. The monoisotopic (exact) mass is 364 g/mol. The molecule has 0 aliphatic carbocycles. The minimum Gasteiger partial charge on any atom is -0.507 e. The van der Waals surface area contributed by atoms with Crippen molar-refractivity contribution in [3.05, 3.63) is 53.6 Å². The molecule has 0 saturated carbocycles. The van der Waals surface area contributed by atoms with Gasteiger partial charge in [-0.1, -0.05) is 12.1 Å². The Morgan fingerprint density at radius 1 is 1.08 bits per heavy atom. The third kappa shape index (κ3) is 4.57. The van der Waals surface area contributed by atoms with Crippen molar-refractivity contribution in [1.29, 1.82) is 0 Å². The third-order valence-electron chi connectivity index (χ3n) is 3.44. The summed E-state index contributed by atoms with van der Waals surface area (Å²) in [4.78, 5) is 22.2. The molecule has 0 aromatic heterocycles. The Balaban J connectivity index is 2.04. The molecule has 0 spiro atoms. The van der Waals surface area contributed by atoms with Gasteiger partial charge in [0.1, 0.15) is 23.7 Å². The summed E-state index contributed by atoms with van der Waals surface area (Å²) in [6, 6.07) is 9.21. The van der Waals surface area contributed by atoms with E-state index >= 15 is 0 Å². The summed E-state index contributed by atoms with van der Waals surface area (Å²) in [6.45, 7) is 1.20. The molecule has 0 unspecified atom stereocenters. The average Bonchev–Trinajstić information content (AvgIpc) is 2.56. The van der Waals surface area contributed by atoms with E-state index in [-0.39, 0.29) is 34.4 Å². The van der Waals surface area contributed by atoms with Crippen LogP contribution in [0.25, 0.3) is 0 Å². The van der Waals surface area contributed by atoms with Crippen LogP contribution in [0.3, 0.4) is 0 Å². The maximum atomic E-state index is 12.2. The topological polar surface area (TPSA) is 118 Å². The first-order chi connectivity index (χ1) is 11.7. The molecule has 2 aromatic rings. The Kier molecular flexibility index (Phi) is 5.43. The average molecular weight is 364 g/mol. The van der Waals surface area contributed by atoms with Gasteiger partial charge in [-0.3, -0.25) is 4.79 Å². The van der Waals surface area contributed by atoms with E-state index in [1.54, 1.807) is 0 Å². The number of Topliss-reactive ketones (excluding diaryl/α,β-unsaturated/α-hetero) is 1. The fourth-order valence-electron chi connectivity index (χ4n) is 2.06. The first kappa shape index (κ1) is 18.5. The highest BCUT2D eigenvalue weighted by Crippen LogP contribution is 2.23. The van der Waals surface area contributed by atoms with E-state index in [0.717, 1.165) is 12.1 Å². The lowest BCUT2D eigenvalue weighted by Gasteiger charge is -2.09. The molecular formula is C17H16O7S. The first-order valence-corrected chi connectivity index (χ1v) is 8.89. The molecule has 0 radical (unpaired) electrons. The molecule has 7 nitrogen and oxygen atoms in total. The molecule has 2 aromatic carbocycles. The lowest BCUT2D eigenvalue weighted by atomic mass is 10.2. The van der Waals surface area contributed by atoms with Crippen LogP contribution in [0, 0.1) is 0 Å². The molecule has 0 saturated heterocycles. The van der Waals surface area contributed by atoms with Crippen molar-refractivity contribution >= 4 is 21.6 Å². The number of rotatable bonds is 7. The second kappa shape index (κ2) is 7.35. The van der Waals surface area contributed by atoms with Crippen LogP contribution in [-0.2, 0) is 9.84 Å². The van der Waals surface area contributed by atoms with Crippen LogP contribution in [0.1, 0.15) is 27.6 Å². The summed E-state index contributed by atoms with van der Waals surface area (Å²) < 4.78 is 29.7. The Hall–Kier alpha value is -2.87. The number of sulfone groups is 1. The highest BCUT2D eigenvalue weighted by Gasteiger charge is 2.16. The Bertz CT molecular complexity index is 899. The van der Waals surface area contributed by atoms with Crippen LogP contribution in [-0.4, -0.2) is 42.7 Å². The van der Waals surface area contributed by atoms with Gasteiger partial charge in [0.25, 0.3) is 0 Å². The zero-order valence-electron chi connectivity index (χ0n) is 13.3. The second-order valence-electron chi connectivity index (χ2n) is 5.23. The van der Waals surface area contributed by atoms with E-state index in [1.807, 2.05) is 0 Å². The summed E-state index contributed by atoms with van der Waals surface area (Å²) in [5.74, 6) is -2.07. The molecule has 2 rings (SSSR count). The number of aromatic carboxylic acids is 1. The van der Waals surface area contributed by atoms with Crippen LogP contribution in [0.4, 0.5) is 0 Å². The summed E-state index contributed by atoms with van der Waals surface area (Å²) in [5, 5.41) is 18.3. The molecule has 132 valence electrons. The van der Waals surface area contributed by atoms with E-state index in [2.05, 4.69) is 0 Å². The van der Waals surface area contributed by atoms with Gasteiger partial charge in [-0.05, 0) is 37.3 Å². The predicted octanol–water partition coefficient (Wildman–Crippen LogP) is 2.15. The van der Waals surface area contributed by atoms with Crippen molar-refractivity contribution in [1.82, 2.24) is 0 Å². The zero-order valence-corrected chi connectivity index (χ0v) is 14.1. The van der Waals surface area contributed by atoms with Crippen molar-refractivity contribution in [3.63, 3.8) is 0 Å². The summed E-state index contributed by atoms with van der Waals surface area (Å²) in [7, 11) is -3.61. The van der Waals surface area contributed by atoms with E-state index in [9.17, 15) is 23.1 Å². The van der Waals surface area contributed by atoms with Gasteiger partial charge >= 0.3 is 5.97 Å². The third-order valence-corrected chi connectivity index (χ3v) is 5.13. The van der Waals surface area contributed by atoms with Crippen molar-refractivity contribution in [2.24, 2.45) is 0 Å². The van der Waals surface area contributed by atoms with Crippen LogP contribution in [0.2, 0.25) is 0 Å². The highest BCUT2D eigenvalue weighted by molar-refractivity contribution is 7.91. The Labute approximate surface area is 144 Å². The lowest BCUT2D eigenvalue weighted by molar-refractivity contribution is 0.0693. The highest BCUT2D eigenvalue weighted by atomic mass is 32.2. The van der Waals surface area contributed by atoms with Crippen LogP contribution >= 0.6 is 0 Å². The smallest absolute Gasteiger partial charge is 0.339 e. The van der Waals surface area contributed by atoms with Gasteiger partial charge in [0.2, 0.25) is 0 Å². The number of ketones is 1. The van der Waals surface area contributed by atoms with E-state index in [4.69, 9.17) is 9.84 Å². The Morgan fingerprint density at radius 3 is 2.28 bits per heavy atom. The molecule has 0 aliphatic heterocycles. The number of benzene rings is 2. The molecule has 0 atom stereocenters. The van der Waals surface area contributed by atoms with Gasteiger partial charge in [-0.2, -0.15) is 0 Å². The molecule has 2 N–H and O–H groups in total. The maximum absolute atomic E-state index is 12.2. The maximum Gasteiger partial charge on any atom is 0.339 e. The molecule has 0 fully saturated rings. The Morgan fingerprint density at radius 2 is 1.72 bits per heavy atom. The fourth-order valence-corrected chi connectivity index (χ4v) is 3.15. The van der Waals surface area contributed by atoms with E-state index in [1.165, 1.54) is 37.3 Å². The molecular weight excluding hydrogens is 348 g/mol. The number of carbonyl (C=O) groups is 2. The molecule has 0 heterocycles. The van der Waals surface area contributed by atoms with Gasteiger partial charge in [-0.25, -0.2) is 13.2 Å². The number of phenols is 1. The van der Waals surface area contributed by atoms with Crippen molar-refractivity contribution in [3.8, 4) is 11.5 Å². The molecule has 0 bridgehead atoms. The van der Waals surface area contributed by atoms with Gasteiger partial charge < -0.3 is 14.9 Å². The van der Waals surface area contributed by atoms with Crippen molar-refractivity contribution in [2.45, 2.75) is 11.8 Å². The number of hydrogen-bond acceptors (Lipinski definition) is 6. The van der Waals surface area contributed by atoms with Gasteiger partial charge in [0, 0.05) is 5.56 Å². The van der Waals surface area contributed by atoms with Crippen LogP contribution < -0.4 is 4.74 Å². The van der Waals surface area contributed by atoms with E-state index < -0.39 is 21.6 Å². The minimum absolute atomic E-state index is 0.0676. The predicted molar refractivity (Wildman–Crippen MR) is 89.1 cm³/mol. The number of aromatic hydroxyl groups is 1. The summed E-state index contributed by atoms with van der Waals surface area (Å²) >= 11 is 0. The summed E-state index contributed by atoms with van der Waals surface area (Å²) in [6.07, 6.45) is 0. The number of ether oxygens (including phenoxy) is 1. The van der Waals surface area contributed by atoms with Gasteiger partial charge in [-0.15, -0.1) is 0 Å².